The lowest BCUT2D eigenvalue weighted by Crippen LogP contribution is -1.78. The van der Waals surface area contributed by atoms with Gasteiger partial charge in [-0.2, -0.15) is 0 Å². The van der Waals surface area contributed by atoms with Crippen LogP contribution in [0.1, 0.15) is 0 Å². The van der Waals surface area contributed by atoms with Gasteiger partial charge in [0.05, 0.1) is 0 Å². The molecule has 0 bridgehead atoms. The fraction of sp³-hybridized carbons (Fsp3) is 0. The third kappa shape index (κ3) is 1.89. The average Bonchev–Trinajstić information content (AvgIpc) is 2.72. The minimum Gasteiger partial charge on any atom is -0.436 e. The molecule has 4 heteroatoms. The molecule has 0 atom stereocenters. The second-order valence-electron chi connectivity index (χ2n) is 3.64. The molecule has 1 aromatic heterocycles. The Balaban J connectivity index is 2.18. The minimum absolute atomic E-state index is 0.317. The number of fused-ring (bicyclic) bond motifs is 1. The van der Waals surface area contributed by atoms with E-state index in [2.05, 4.69) is 4.98 Å². The van der Waals surface area contributed by atoms with Gasteiger partial charge in [0, 0.05) is 16.7 Å². The Kier molecular flexibility index (Phi) is 2.34. The van der Waals surface area contributed by atoms with Crippen molar-refractivity contribution in [3.05, 3.63) is 53.3 Å². The molecule has 0 radical (unpaired) electrons. The van der Waals surface area contributed by atoms with Crippen molar-refractivity contribution in [1.29, 1.82) is 0 Å². The summed E-state index contributed by atoms with van der Waals surface area (Å²) in [4.78, 5) is 4.27. The van der Waals surface area contributed by atoms with Crippen LogP contribution in [-0.4, -0.2) is 4.98 Å². The molecule has 0 saturated heterocycles. The molecule has 0 aliphatic heterocycles. The lowest BCUT2D eigenvalue weighted by Gasteiger charge is -1.93. The smallest absolute Gasteiger partial charge is 0.227 e. The van der Waals surface area contributed by atoms with E-state index in [0.717, 1.165) is 0 Å². The first-order valence-electron chi connectivity index (χ1n) is 5.04. The summed E-state index contributed by atoms with van der Waals surface area (Å²) in [6.07, 6.45) is 0. The number of hydrogen-bond acceptors (Lipinski definition) is 2. The fourth-order valence-corrected chi connectivity index (χ4v) is 1.81. The van der Waals surface area contributed by atoms with E-state index < -0.39 is 0 Å². The van der Waals surface area contributed by atoms with Gasteiger partial charge in [-0.1, -0.05) is 17.7 Å². The maximum atomic E-state index is 13.1. The van der Waals surface area contributed by atoms with Crippen LogP contribution in [0.3, 0.4) is 0 Å². The topological polar surface area (TPSA) is 26.0 Å². The highest BCUT2D eigenvalue weighted by Crippen LogP contribution is 2.26. The molecule has 0 aliphatic carbocycles. The quantitative estimate of drug-likeness (QED) is 0.641. The summed E-state index contributed by atoms with van der Waals surface area (Å²) in [5.41, 5.74) is 1.91. The number of oxazole rings is 1. The lowest BCUT2D eigenvalue weighted by atomic mass is 10.2. The number of aromatic nitrogens is 1. The van der Waals surface area contributed by atoms with E-state index in [0.29, 0.717) is 27.6 Å². The van der Waals surface area contributed by atoms with Crippen molar-refractivity contribution in [2.45, 2.75) is 0 Å². The third-order valence-corrected chi connectivity index (χ3v) is 2.66. The molecule has 0 spiro atoms. The van der Waals surface area contributed by atoms with Crippen LogP contribution in [0.15, 0.2) is 46.9 Å². The van der Waals surface area contributed by atoms with Gasteiger partial charge >= 0.3 is 0 Å². The molecule has 3 rings (SSSR count). The van der Waals surface area contributed by atoms with E-state index >= 15 is 0 Å². The first kappa shape index (κ1) is 10.3. The highest BCUT2D eigenvalue weighted by molar-refractivity contribution is 6.31. The van der Waals surface area contributed by atoms with Crippen molar-refractivity contribution in [3.8, 4) is 11.5 Å². The number of benzene rings is 2. The van der Waals surface area contributed by atoms with E-state index in [1.165, 1.54) is 12.1 Å². The molecule has 0 amide bonds. The van der Waals surface area contributed by atoms with Crippen molar-refractivity contribution in [2.75, 3.05) is 0 Å². The van der Waals surface area contributed by atoms with Crippen LogP contribution in [0, 0.1) is 5.82 Å². The van der Waals surface area contributed by atoms with Crippen LogP contribution < -0.4 is 0 Å². The highest BCUT2D eigenvalue weighted by atomic mass is 35.5. The molecular formula is C13H7ClFNO. The van der Waals surface area contributed by atoms with Crippen LogP contribution in [0.5, 0.6) is 0 Å². The van der Waals surface area contributed by atoms with Crippen molar-refractivity contribution < 1.29 is 8.81 Å². The largest absolute Gasteiger partial charge is 0.436 e. The number of rotatable bonds is 1. The Bertz CT molecular complexity index is 693. The highest BCUT2D eigenvalue weighted by Gasteiger charge is 2.08. The zero-order valence-electron chi connectivity index (χ0n) is 8.65. The van der Waals surface area contributed by atoms with Gasteiger partial charge in [0.25, 0.3) is 0 Å². The van der Waals surface area contributed by atoms with Crippen molar-refractivity contribution >= 4 is 22.7 Å². The van der Waals surface area contributed by atoms with Crippen LogP contribution in [0.25, 0.3) is 22.6 Å². The average molecular weight is 248 g/mol. The van der Waals surface area contributed by atoms with Crippen LogP contribution in [0.2, 0.25) is 5.02 Å². The zero-order chi connectivity index (χ0) is 11.8. The predicted octanol–water partition coefficient (Wildman–Crippen LogP) is 4.29. The molecule has 2 nitrogen and oxygen atoms in total. The van der Waals surface area contributed by atoms with Crippen LogP contribution in [0.4, 0.5) is 4.39 Å². The Morgan fingerprint density at radius 2 is 2.00 bits per heavy atom. The third-order valence-electron chi connectivity index (χ3n) is 2.42. The molecule has 0 aliphatic rings. The minimum atomic E-state index is -0.317. The van der Waals surface area contributed by atoms with E-state index in [-0.39, 0.29) is 5.82 Å². The van der Waals surface area contributed by atoms with Gasteiger partial charge in [0.15, 0.2) is 5.58 Å². The van der Waals surface area contributed by atoms with Crippen molar-refractivity contribution in [2.24, 2.45) is 0 Å². The van der Waals surface area contributed by atoms with Gasteiger partial charge in [-0.05, 0) is 30.3 Å². The molecule has 17 heavy (non-hydrogen) atoms. The number of hydrogen-bond donors (Lipinski definition) is 0. The molecule has 0 unspecified atom stereocenters. The van der Waals surface area contributed by atoms with Crippen molar-refractivity contribution in [1.82, 2.24) is 4.98 Å². The molecule has 0 N–H and O–H groups in total. The summed E-state index contributed by atoms with van der Waals surface area (Å²) in [6.45, 7) is 0. The maximum absolute atomic E-state index is 13.1. The Hall–Kier alpha value is -1.87. The monoisotopic (exact) mass is 247 g/mol. The molecule has 0 fully saturated rings. The fourth-order valence-electron chi connectivity index (χ4n) is 1.64. The summed E-state index contributed by atoms with van der Waals surface area (Å²) < 4.78 is 18.6. The Morgan fingerprint density at radius 1 is 1.12 bits per heavy atom. The summed E-state index contributed by atoms with van der Waals surface area (Å²) in [6, 6.07) is 11.3. The SMILES string of the molecule is Fc1cccc(-c2nc3ccc(Cl)cc3o2)c1. The summed E-state index contributed by atoms with van der Waals surface area (Å²) in [7, 11) is 0. The Morgan fingerprint density at radius 3 is 2.82 bits per heavy atom. The van der Waals surface area contributed by atoms with E-state index in [9.17, 15) is 4.39 Å². The standard InChI is InChI=1S/C13H7ClFNO/c14-9-4-5-11-12(7-9)17-13(16-11)8-2-1-3-10(15)6-8/h1-7H. The summed E-state index contributed by atoms with van der Waals surface area (Å²) in [5.74, 6) is 0.0737. The van der Waals surface area contributed by atoms with E-state index in [4.69, 9.17) is 16.0 Å². The number of nitrogens with zero attached hydrogens (tertiary/aromatic N) is 1. The van der Waals surface area contributed by atoms with Crippen LogP contribution >= 0.6 is 11.6 Å². The van der Waals surface area contributed by atoms with Crippen molar-refractivity contribution in [3.63, 3.8) is 0 Å². The van der Waals surface area contributed by atoms with Gasteiger partial charge in [-0.3, -0.25) is 0 Å². The van der Waals surface area contributed by atoms with Gasteiger partial charge in [-0.15, -0.1) is 0 Å². The van der Waals surface area contributed by atoms with Gasteiger partial charge < -0.3 is 4.42 Å². The molecular weight excluding hydrogens is 241 g/mol. The number of halogens is 2. The Labute approximate surface area is 102 Å². The van der Waals surface area contributed by atoms with Gasteiger partial charge in [0.1, 0.15) is 11.3 Å². The van der Waals surface area contributed by atoms with Crippen LogP contribution in [-0.2, 0) is 0 Å². The second kappa shape index (κ2) is 3.86. The lowest BCUT2D eigenvalue weighted by molar-refractivity contribution is 0.611. The molecule has 84 valence electrons. The molecule has 0 saturated carbocycles. The van der Waals surface area contributed by atoms with E-state index in [1.54, 1.807) is 30.3 Å². The van der Waals surface area contributed by atoms with Gasteiger partial charge in [0.2, 0.25) is 5.89 Å². The predicted molar refractivity (Wildman–Crippen MR) is 64.4 cm³/mol. The zero-order valence-corrected chi connectivity index (χ0v) is 9.41. The molecule has 2 aromatic carbocycles. The maximum Gasteiger partial charge on any atom is 0.227 e. The van der Waals surface area contributed by atoms with Gasteiger partial charge in [-0.25, -0.2) is 9.37 Å². The second-order valence-corrected chi connectivity index (χ2v) is 4.08. The first-order chi connectivity index (χ1) is 8.22. The van der Waals surface area contributed by atoms with E-state index in [1.807, 2.05) is 0 Å². The normalized spacial score (nSPS) is 10.9. The molecule has 1 heterocycles. The summed E-state index contributed by atoms with van der Waals surface area (Å²) >= 11 is 5.85. The summed E-state index contributed by atoms with van der Waals surface area (Å²) in [5, 5.41) is 0.583. The molecule has 3 aromatic rings. The first-order valence-corrected chi connectivity index (χ1v) is 5.42.